The highest BCUT2D eigenvalue weighted by atomic mass is 16.5. The Morgan fingerprint density at radius 2 is 1.72 bits per heavy atom. The molecule has 0 amide bonds. The molecule has 0 saturated carbocycles. The lowest BCUT2D eigenvalue weighted by Crippen LogP contribution is -2.03. The Labute approximate surface area is 149 Å². The molecule has 3 rings (SSSR count). The van der Waals surface area contributed by atoms with Crippen molar-refractivity contribution in [2.24, 2.45) is 0 Å². The Morgan fingerprint density at radius 3 is 2.44 bits per heavy atom. The van der Waals surface area contributed by atoms with Crippen molar-refractivity contribution in [1.82, 2.24) is 4.98 Å². The summed E-state index contributed by atoms with van der Waals surface area (Å²) in [7, 11) is 1.94. The number of rotatable bonds is 5. The predicted octanol–water partition coefficient (Wildman–Crippen LogP) is 5.29. The number of pyridine rings is 1. The van der Waals surface area contributed by atoms with Gasteiger partial charge in [0.15, 0.2) is 0 Å². The molecule has 25 heavy (non-hydrogen) atoms. The predicted molar refractivity (Wildman–Crippen MR) is 104 cm³/mol. The summed E-state index contributed by atoms with van der Waals surface area (Å²) in [5.74, 6) is 0.874. The number of hydrogen-bond donors (Lipinski definition) is 1. The molecule has 1 heterocycles. The first-order valence-electron chi connectivity index (χ1n) is 8.52. The Morgan fingerprint density at radius 1 is 0.920 bits per heavy atom. The molecule has 0 aliphatic carbocycles. The maximum atomic E-state index is 6.05. The summed E-state index contributed by atoms with van der Waals surface area (Å²) in [5.41, 5.74) is 7.85. The third-order valence-corrected chi connectivity index (χ3v) is 4.42. The molecule has 3 nitrogen and oxygen atoms in total. The second-order valence-electron chi connectivity index (χ2n) is 6.28. The van der Waals surface area contributed by atoms with E-state index in [4.69, 9.17) is 4.74 Å². The molecule has 1 aromatic heterocycles. The van der Waals surface area contributed by atoms with Crippen LogP contribution in [0.3, 0.4) is 0 Å². The Hall–Kier alpha value is -2.81. The van der Waals surface area contributed by atoms with Crippen LogP contribution < -0.4 is 10.1 Å². The first-order chi connectivity index (χ1) is 12.1. The first kappa shape index (κ1) is 17.0. The van der Waals surface area contributed by atoms with Crippen LogP contribution in [0, 0.1) is 20.8 Å². The number of hydrogen-bond acceptors (Lipinski definition) is 3. The molecule has 0 atom stereocenters. The molecule has 0 radical (unpaired) electrons. The Balaban J connectivity index is 1.80. The maximum Gasteiger partial charge on any atom is 0.120 e. The highest BCUT2D eigenvalue weighted by molar-refractivity contribution is 5.64. The number of nitrogens with one attached hydrogen (secondary N) is 1. The van der Waals surface area contributed by atoms with Crippen molar-refractivity contribution < 1.29 is 4.74 Å². The number of aryl methyl sites for hydroxylation is 3. The maximum absolute atomic E-state index is 6.05. The number of nitrogens with zero attached hydrogens (tertiary/aromatic N) is 1. The van der Waals surface area contributed by atoms with E-state index in [0.717, 1.165) is 34.0 Å². The van der Waals surface area contributed by atoms with Crippen LogP contribution in [0.25, 0.3) is 11.3 Å². The van der Waals surface area contributed by atoms with Gasteiger partial charge in [0.25, 0.3) is 0 Å². The van der Waals surface area contributed by atoms with Gasteiger partial charge in [-0.15, -0.1) is 0 Å². The Bertz CT molecular complexity index is 887. The minimum atomic E-state index is 0.546. The van der Waals surface area contributed by atoms with Gasteiger partial charge in [-0.05, 0) is 68.3 Å². The summed E-state index contributed by atoms with van der Waals surface area (Å²) in [4.78, 5) is 4.61. The summed E-state index contributed by atoms with van der Waals surface area (Å²) >= 11 is 0. The average Bonchev–Trinajstić information content (AvgIpc) is 2.60. The summed E-state index contributed by atoms with van der Waals surface area (Å²) in [6, 6.07) is 18.5. The van der Waals surface area contributed by atoms with Gasteiger partial charge in [0.2, 0.25) is 0 Å². The molecule has 0 unspecified atom stereocenters. The lowest BCUT2D eigenvalue weighted by Gasteiger charge is -2.14. The van der Waals surface area contributed by atoms with Crippen molar-refractivity contribution in [3.05, 3.63) is 77.0 Å². The van der Waals surface area contributed by atoms with E-state index in [1.807, 2.05) is 38.2 Å². The third-order valence-electron chi connectivity index (χ3n) is 4.42. The quantitative estimate of drug-likeness (QED) is 0.689. The van der Waals surface area contributed by atoms with Gasteiger partial charge in [0.1, 0.15) is 12.4 Å². The molecular weight excluding hydrogens is 308 g/mol. The first-order valence-corrected chi connectivity index (χ1v) is 8.52. The van der Waals surface area contributed by atoms with Gasteiger partial charge < -0.3 is 10.1 Å². The fourth-order valence-electron chi connectivity index (χ4n) is 2.99. The lowest BCUT2D eigenvalue weighted by molar-refractivity contribution is 0.306. The Kier molecular flexibility index (Phi) is 5.03. The highest BCUT2D eigenvalue weighted by Gasteiger charge is 2.08. The van der Waals surface area contributed by atoms with Crippen molar-refractivity contribution in [2.75, 3.05) is 12.4 Å². The minimum absolute atomic E-state index is 0.546. The second-order valence-corrected chi connectivity index (χ2v) is 6.28. The van der Waals surface area contributed by atoms with Crippen molar-refractivity contribution in [3.8, 4) is 17.0 Å². The van der Waals surface area contributed by atoms with Crippen molar-refractivity contribution >= 4 is 5.69 Å². The third kappa shape index (κ3) is 3.82. The zero-order chi connectivity index (χ0) is 17.8. The van der Waals surface area contributed by atoms with Crippen LogP contribution in [-0.2, 0) is 6.61 Å². The largest absolute Gasteiger partial charge is 0.489 e. The molecule has 3 aromatic rings. The van der Waals surface area contributed by atoms with Crippen LogP contribution in [0.4, 0.5) is 5.69 Å². The lowest BCUT2D eigenvalue weighted by atomic mass is 10.0. The van der Waals surface area contributed by atoms with Gasteiger partial charge in [0.05, 0.1) is 5.69 Å². The molecule has 0 saturated heterocycles. The van der Waals surface area contributed by atoms with Gasteiger partial charge >= 0.3 is 0 Å². The van der Waals surface area contributed by atoms with E-state index in [9.17, 15) is 0 Å². The zero-order valence-electron chi connectivity index (χ0n) is 15.3. The minimum Gasteiger partial charge on any atom is -0.489 e. The average molecular weight is 332 g/mol. The monoisotopic (exact) mass is 332 g/mol. The summed E-state index contributed by atoms with van der Waals surface area (Å²) < 4.78 is 6.05. The molecule has 0 aliphatic rings. The van der Waals surface area contributed by atoms with Gasteiger partial charge in [-0.2, -0.15) is 0 Å². The van der Waals surface area contributed by atoms with Crippen LogP contribution in [0.1, 0.15) is 22.4 Å². The fourth-order valence-corrected chi connectivity index (χ4v) is 2.99. The van der Waals surface area contributed by atoms with E-state index in [2.05, 4.69) is 54.5 Å². The number of anilines is 1. The molecule has 0 bridgehead atoms. The van der Waals surface area contributed by atoms with Crippen LogP contribution in [0.2, 0.25) is 0 Å². The van der Waals surface area contributed by atoms with Crippen molar-refractivity contribution in [3.63, 3.8) is 0 Å². The van der Waals surface area contributed by atoms with E-state index < -0.39 is 0 Å². The van der Waals surface area contributed by atoms with Gasteiger partial charge in [-0.25, -0.2) is 0 Å². The summed E-state index contributed by atoms with van der Waals surface area (Å²) in [6.07, 6.45) is 0. The molecule has 2 aromatic carbocycles. The topological polar surface area (TPSA) is 34.1 Å². The van der Waals surface area contributed by atoms with Crippen LogP contribution in [0.5, 0.6) is 5.75 Å². The molecule has 0 spiro atoms. The number of benzene rings is 2. The summed E-state index contributed by atoms with van der Waals surface area (Å²) in [6.45, 7) is 6.76. The zero-order valence-corrected chi connectivity index (χ0v) is 15.3. The van der Waals surface area contributed by atoms with Crippen molar-refractivity contribution in [1.29, 1.82) is 0 Å². The van der Waals surface area contributed by atoms with E-state index in [1.54, 1.807) is 0 Å². The molecule has 1 N–H and O–H groups in total. The standard InChI is InChI=1S/C22H24N2O/c1-15-7-5-9-21(23-4)20(15)14-25-18-11-12-19(16(2)13-18)22-10-6-8-17(3)24-22/h5-13,23H,14H2,1-4H3. The SMILES string of the molecule is CNc1cccc(C)c1COc1ccc(-c2cccc(C)n2)c(C)c1. The summed E-state index contributed by atoms with van der Waals surface area (Å²) in [5, 5.41) is 3.23. The molecule has 0 fully saturated rings. The van der Waals surface area contributed by atoms with E-state index >= 15 is 0 Å². The second kappa shape index (κ2) is 7.39. The van der Waals surface area contributed by atoms with Gasteiger partial charge in [-0.3, -0.25) is 4.98 Å². The highest BCUT2D eigenvalue weighted by Crippen LogP contribution is 2.27. The molecule has 3 heteroatoms. The van der Waals surface area contributed by atoms with Gasteiger partial charge in [-0.1, -0.05) is 18.2 Å². The number of aromatic nitrogens is 1. The van der Waals surface area contributed by atoms with Crippen LogP contribution in [0.15, 0.2) is 54.6 Å². The smallest absolute Gasteiger partial charge is 0.120 e. The fraction of sp³-hybridized carbons (Fsp3) is 0.227. The van der Waals surface area contributed by atoms with Gasteiger partial charge in [0, 0.05) is 29.6 Å². The van der Waals surface area contributed by atoms with E-state index in [1.165, 1.54) is 11.1 Å². The molecular formula is C22H24N2O. The van der Waals surface area contributed by atoms with Crippen molar-refractivity contribution in [2.45, 2.75) is 27.4 Å². The van der Waals surface area contributed by atoms with Crippen LogP contribution in [-0.4, -0.2) is 12.0 Å². The molecule has 128 valence electrons. The number of ether oxygens (including phenoxy) is 1. The normalized spacial score (nSPS) is 10.6. The van der Waals surface area contributed by atoms with Crippen LogP contribution >= 0.6 is 0 Å². The van der Waals surface area contributed by atoms with E-state index in [-0.39, 0.29) is 0 Å². The molecule has 0 aliphatic heterocycles. The van der Waals surface area contributed by atoms with E-state index in [0.29, 0.717) is 6.61 Å².